The molecule has 0 aromatic heterocycles. The molecule has 1 rings (SSSR count). The van der Waals surface area contributed by atoms with Crippen LogP contribution in [0, 0.1) is 6.92 Å². The largest absolute Gasteiger partial charge is 0.493 e. The van der Waals surface area contributed by atoms with E-state index in [-0.39, 0.29) is 5.24 Å². The Balaban J connectivity index is 2.22. The highest BCUT2D eigenvalue weighted by molar-refractivity contribution is 6.63. The first-order valence-corrected chi connectivity index (χ1v) is 8.86. The van der Waals surface area contributed by atoms with Gasteiger partial charge < -0.3 is 9.47 Å². The highest BCUT2D eigenvalue weighted by Crippen LogP contribution is 2.31. The molecule has 0 fully saturated rings. The normalized spacial score (nSPS) is 10.6. The van der Waals surface area contributed by atoms with Gasteiger partial charge in [-0.05, 0) is 61.0 Å². The van der Waals surface area contributed by atoms with Crippen LogP contribution < -0.4 is 9.47 Å². The van der Waals surface area contributed by atoms with E-state index in [1.807, 2.05) is 6.07 Å². The summed E-state index contributed by atoms with van der Waals surface area (Å²) in [6, 6.07) is 4.14. The maximum absolute atomic E-state index is 10.6. The molecule has 0 aliphatic heterocycles. The quantitative estimate of drug-likeness (QED) is 0.375. The molecule has 0 saturated carbocycles. The summed E-state index contributed by atoms with van der Waals surface area (Å²) in [6.07, 6.45) is 9.73. The SMILES string of the molecule is COc1cc(C)c(CCCCCCCCCC(=O)Cl)cc1OC. The Morgan fingerprint density at radius 3 is 2.00 bits per heavy atom. The zero-order valence-electron chi connectivity index (χ0n) is 14.6. The Morgan fingerprint density at radius 2 is 1.43 bits per heavy atom. The van der Waals surface area contributed by atoms with Crippen molar-refractivity contribution in [2.75, 3.05) is 14.2 Å². The lowest BCUT2D eigenvalue weighted by molar-refractivity contribution is -0.111. The van der Waals surface area contributed by atoms with E-state index < -0.39 is 0 Å². The maximum atomic E-state index is 10.6. The second kappa shape index (κ2) is 11.3. The molecule has 1 aromatic carbocycles. The Morgan fingerprint density at radius 1 is 0.913 bits per heavy atom. The lowest BCUT2D eigenvalue weighted by atomic mass is 10.00. The van der Waals surface area contributed by atoms with E-state index in [2.05, 4.69) is 13.0 Å². The molecule has 0 aliphatic rings. The fraction of sp³-hybridized carbons (Fsp3) is 0.632. The first-order chi connectivity index (χ1) is 11.1. The maximum Gasteiger partial charge on any atom is 0.221 e. The van der Waals surface area contributed by atoms with Crippen molar-refractivity contribution < 1.29 is 14.3 Å². The van der Waals surface area contributed by atoms with Gasteiger partial charge in [-0.25, -0.2) is 0 Å². The van der Waals surface area contributed by atoms with Crippen molar-refractivity contribution in [1.29, 1.82) is 0 Å². The standard InChI is InChI=1S/C19H29ClO3/c1-15-13-17(22-2)18(23-3)14-16(15)11-9-7-5-4-6-8-10-12-19(20)21/h13-14H,4-12H2,1-3H3. The lowest BCUT2D eigenvalue weighted by Gasteiger charge is -2.12. The molecule has 1 aromatic rings. The van der Waals surface area contributed by atoms with E-state index >= 15 is 0 Å². The molecule has 0 aliphatic carbocycles. The van der Waals surface area contributed by atoms with E-state index in [1.165, 1.54) is 43.2 Å². The van der Waals surface area contributed by atoms with Crippen LogP contribution in [0.1, 0.15) is 62.5 Å². The van der Waals surface area contributed by atoms with E-state index in [9.17, 15) is 4.79 Å². The van der Waals surface area contributed by atoms with Gasteiger partial charge in [-0.15, -0.1) is 0 Å². The molecule has 4 heteroatoms. The van der Waals surface area contributed by atoms with E-state index in [0.717, 1.165) is 30.8 Å². The predicted octanol–water partition coefficient (Wildman–Crippen LogP) is 5.44. The summed E-state index contributed by atoms with van der Waals surface area (Å²) in [5.41, 5.74) is 2.59. The molecule has 0 bridgehead atoms. The number of aryl methyl sites for hydroxylation is 2. The molecule has 0 heterocycles. The molecule has 0 saturated heterocycles. The summed E-state index contributed by atoms with van der Waals surface area (Å²) < 4.78 is 10.7. The van der Waals surface area contributed by atoms with Crippen LogP contribution in [0.3, 0.4) is 0 Å². The van der Waals surface area contributed by atoms with Gasteiger partial charge in [0.1, 0.15) is 0 Å². The molecular weight excluding hydrogens is 312 g/mol. The van der Waals surface area contributed by atoms with Crippen LogP contribution in [0.4, 0.5) is 0 Å². The minimum absolute atomic E-state index is 0.213. The van der Waals surface area contributed by atoms with Gasteiger partial charge in [0.15, 0.2) is 11.5 Å². The van der Waals surface area contributed by atoms with E-state index in [4.69, 9.17) is 21.1 Å². The number of methoxy groups -OCH3 is 2. The van der Waals surface area contributed by atoms with Crippen LogP contribution in [0.5, 0.6) is 11.5 Å². The van der Waals surface area contributed by atoms with Gasteiger partial charge in [0.25, 0.3) is 0 Å². The van der Waals surface area contributed by atoms with Crippen molar-refractivity contribution in [3.63, 3.8) is 0 Å². The zero-order chi connectivity index (χ0) is 17.1. The summed E-state index contributed by atoms with van der Waals surface area (Å²) in [6.45, 7) is 2.12. The van der Waals surface area contributed by atoms with E-state index in [1.54, 1.807) is 14.2 Å². The van der Waals surface area contributed by atoms with Gasteiger partial charge in [-0.2, -0.15) is 0 Å². The van der Waals surface area contributed by atoms with Crippen molar-refractivity contribution in [2.24, 2.45) is 0 Å². The van der Waals surface area contributed by atoms with Gasteiger partial charge in [-0.3, -0.25) is 4.79 Å². The Bertz CT molecular complexity index is 486. The Kier molecular flexibility index (Phi) is 9.77. The Labute approximate surface area is 145 Å². The molecule has 0 amide bonds. The molecule has 0 atom stereocenters. The van der Waals surface area contributed by atoms with Crippen LogP contribution in [-0.2, 0) is 11.2 Å². The number of carbonyl (C=O) groups is 1. The van der Waals surface area contributed by atoms with E-state index in [0.29, 0.717) is 6.42 Å². The predicted molar refractivity (Wildman–Crippen MR) is 95.8 cm³/mol. The van der Waals surface area contributed by atoms with Gasteiger partial charge in [0.05, 0.1) is 14.2 Å². The van der Waals surface area contributed by atoms with Crippen LogP contribution >= 0.6 is 11.6 Å². The average molecular weight is 341 g/mol. The second-order valence-electron chi connectivity index (χ2n) is 5.96. The molecule has 130 valence electrons. The monoisotopic (exact) mass is 340 g/mol. The van der Waals surface area contributed by atoms with Crippen LogP contribution in [-0.4, -0.2) is 19.5 Å². The van der Waals surface area contributed by atoms with Crippen molar-refractivity contribution in [1.82, 2.24) is 0 Å². The molecule has 0 unspecified atom stereocenters. The molecule has 0 N–H and O–H groups in total. The van der Waals surface area contributed by atoms with Crippen molar-refractivity contribution in [3.8, 4) is 11.5 Å². The van der Waals surface area contributed by atoms with Crippen molar-refractivity contribution in [3.05, 3.63) is 23.3 Å². The summed E-state index contributed by atoms with van der Waals surface area (Å²) >= 11 is 5.32. The third-order valence-electron chi connectivity index (χ3n) is 4.16. The van der Waals surface area contributed by atoms with Crippen LogP contribution in [0.2, 0.25) is 0 Å². The summed E-state index contributed by atoms with van der Waals surface area (Å²) in [7, 11) is 3.34. The smallest absolute Gasteiger partial charge is 0.221 e. The first kappa shape index (κ1) is 19.8. The summed E-state index contributed by atoms with van der Waals surface area (Å²) in [5.74, 6) is 1.60. The molecular formula is C19H29ClO3. The van der Waals surface area contributed by atoms with Crippen LogP contribution in [0.25, 0.3) is 0 Å². The number of carbonyl (C=O) groups excluding carboxylic acids is 1. The van der Waals surface area contributed by atoms with Gasteiger partial charge in [-0.1, -0.05) is 32.1 Å². The third-order valence-corrected chi connectivity index (χ3v) is 4.35. The fourth-order valence-corrected chi connectivity index (χ4v) is 2.89. The topological polar surface area (TPSA) is 35.5 Å². The number of hydrogen-bond donors (Lipinski definition) is 0. The van der Waals surface area contributed by atoms with Crippen molar-refractivity contribution >= 4 is 16.8 Å². The summed E-state index contributed by atoms with van der Waals surface area (Å²) in [4.78, 5) is 10.6. The third kappa shape index (κ3) is 7.74. The van der Waals surface area contributed by atoms with Crippen LogP contribution in [0.15, 0.2) is 12.1 Å². The minimum atomic E-state index is -0.213. The number of unbranched alkanes of at least 4 members (excludes halogenated alkanes) is 6. The number of hydrogen-bond acceptors (Lipinski definition) is 3. The molecule has 0 radical (unpaired) electrons. The van der Waals surface area contributed by atoms with Gasteiger partial charge >= 0.3 is 0 Å². The number of halogens is 1. The number of rotatable bonds is 12. The average Bonchev–Trinajstić information content (AvgIpc) is 2.53. The molecule has 0 spiro atoms. The highest BCUT2D eigenvalue weighted by Gasteiger charge is 2.08. The lowest BCUT2D eigenvalue weighted by Crippen LogP contribution is -1.96. The summed E-state index contributed by atoms with van der Waals surface area (Å²) in [5, 5.41) is -0.213. The number of ether oxygens (including phenoxy) is 2. The van der Waals surface area contributed by atoms with Gasteiger partial charge in [0, 0.05) is 6.42 Å². The first-order valence-electron chi connectivity index (χ1n) is 8.48. The molecule has 3 nitrogen and oxygen atoms in total. The fourth-order valence-electron chi connectivity index (χ4n) is 2.76. The number of benzene rings is 1. The van der Waals surface area contributed by atoms with Gasteiger partial charge in [0.2, 0.25) is 5.24 Å². The Hall–Kier alpha value is -1.22. The zero-order valence-corrected chi connectivity index (χ0v) is 15.4. The highest BCUT2D eigenvalue weighted by atomic mass is 35.5. The molecule has 23 heavy (non-hydrogen) atoms. The second-order valence-corrected chi connectivity index (χ2v) is 6.39. The van der Waals surface area contributed by atoms with Crippen molar-refractivity contribution in [2.45, 2.75) is 64.7 Å². The minimum Gasteiger partial charge on any atom is -0.493 e.